The van der Waals surface area contributed by atoms with Gasteiger partial charge in [0.15, 0.2) is 0 Å². The first-order valence-corrected chi connectivity index (χ1v) is 10.7. The number of thioether (sulfide) groups is 2. The molecule has 4 nitrogen and oxygen atoms in total. The van der Waals surface area contributed by atoms with Gasteiger partial charge in [-0.15, -0.1) is 23.5 Å². The van der Waals surface area contributed by atoms with Crippen molar-refractivity contribution in [3.8, 4) is 17.1 Å². The maximum Gasteiger partial charge on any atom is 0.416 e. The van der Waals surface area contributed by atoms with Crippen LogP contribution in [0.3, 0.4) is 0 Å². The van der Waals surface area contributed by atoms with Crippen LogP contribution >= 0.6 is 23.5 Å². The summed E-state index contributed by atoms with van der Waals surface area (Å²) >= 11 is 2.67. The molecule has 0 saturated heterocycles. The Balaban J connectivity index is 2.28. The van der Waals surface area contributed by atoms with E-state index in [-0.39, 0.29) is 16.5 Å². The first kappa shape index (κ1) is 21.0. The summed E-state index contributed by atoms with van der Waals surface area (Å²) in [6.45, 7) is 7.35. The van der Waals surface area contributed by atoms with Crippen molar-refractivity contribution in [1.82, 2.24) is 9.55 Å². The summed E-state index contributed by atoms with van der Waals surface area (Å²) in [4.78, 5) is 21.8. The number of nitrogens with zero attached hydrogens (tertiary/aromatic N) is 3. The van der Waals surface area contributed by atoms with E-state index in [1.54, 1.807) is 18.4 Å². The number of aromatic nitrogens is 2. The van der Waals surface area contributed by atoms with Crippen molar-refractivity contribution in [2.24, 2.45) is 0 Å². The van der Waals surface area contributed by atoms with Crippen molar-refractivity contribution in [2.45, 2.75) is 16.1 Å². The van der Waals surface area contributed by atoms with E-state index in [2.05, 4.69) is 9.83 Å². The van der Waals surface area contributed by atoms with E-state index in [9.17, 15) is 18.0 Å². The number of hydrogen-bond acceptors (Lipinski definition) is 4. The smallest absolute Gasteiger partial charge is 0.282 e. The second-order valence-electron chi connectivity index (χ2n) is 5.82. The van der Waals surface area contributed by atoms with E-state index in [4.69, 9.17) is 6.57 Å². The summed E-state index contributed by atoms with van der Waals surface area (Å²) in [5.41, 5.74) is -0.654. The van der Waals surface area contributed by atoms with E-state index in [1.165, 1.54) is 28.5 Å². The summed E-state index contributed by atoms with van der Waals surface area (Å²) in [5, 5.41) is 0.233. The van der Waals surface area contributed by atoms with Crippen LogP contribution in [-0.2, 0) is 6.18 Å². The first-order chi connectivity index (χ1) is 13.8. The van der Waals surface area contributed by atoms with Gasteiger partial charge in [-0.3, -0.25) is 9.36 Å². The van der Waals surface area contributed by atoms with Crippen LogP contribution in [0.5, 0.6) is 0 Å². The molecule has 0 spiro atoms. The zero-order chi connectivity index (χ0) is 21.2. The second-order valence-corrected chi connectivity index (χ2v) is 7.49. The van der Waals surface area contributed by atoms with Gasteiger partial charge in [0.2, 0.25) is 0 Å². The van der Waals surface area contributed by atoms with Gasteiger partial charge in [-0.05, 0) is 48.9 Å². The van der Waals surface area contributed by atoms with Crippen LogP contribution in [0.1, 0.15) is 5.56 Å². The highest BCUT2D eigenvalue weighted by molar-refractivity contribution is 7.98. The largest absolute Gasteiger partial charge is 0.416 e. The minimum Gasteiger partial charge on any atom is -0.282 e. The lowest BCUT2D eigenvalue weighted by Crippen LogP contribution is -2.22. The highest BCUT2D eigenvalue weighted by Gasteiger charge is 2.30. The summed E-state index contributed by atoms with van der Waals surface area (Å²) in [5.74, 6) is 0.178. The molecule has 1 aromatic heterocycles. The van der Waals surface area contributed by atoms with Gasteiger partial charge in [0.05, 0.1) is 12.1 Å². The van der Waals surface area contributed by atoms with Gasteiger partial charge in [-0.2, -0.15) is 13.2 Å². The molecule has 0 bridgehead atoms. The maximum absolute atomic E-state index is 13.1. The van der Waals surface area contributed by atoms with Crippen LogP contribution < -0.4 is 5.56 Å². The molecule has 0 saturated carbocycles. The monoisotopic (exact) mass is 433 g/mol. The van der Waals surface area contributed by atoms with Gasteiger partial charge in [-0.25, -0.2) is 9.83 Å². The molecule has 0 unspecified atom stereocenters. The van der Waals surface area contributed by atoms with Gasteiger partial charge in [0.1, 0.15) is 10.9 Å². The van der Waals surface area contributed by atoms with Crippen molar-refractivity contribution < 1.29 is 13.2 Å². The Hall–Kier alpha value is -2.70. The Morgan fingerprint density at radius 1 is 1.00 bits per heavy atom. The van der Waals surface area contributed by atoms with Crippen molar-refractivity contribution in [1.29, 1.82) is 0 Å². The molecule has 148 valence electrons. The molecule has 0 aliphatic carbocycles. The van der Waals surface area contributed by atoms with Crippen LogP contribution in [0.4, 0.5) is 18.9 Å². The highest BCUT2D eigenvalue weighted by atomic mass is 32.2. The SMILES string of the molecule is [C-]#[N+]c1c(SC)nc(-c2ccc(C(F)(F)F)cc2)n(-c2ccc(SC)cc2)c1=O. The Bertz CT molecular complexity index is 1130. The zero-order valence-electron chi connectivity index (χ0n) is 15.3. The van der Waals surface area contributed by atoms with E-state index >= 15 is 0 Å². The number of alkyl halides is 3. The molecule has 2 aromatic carbocycles. The van der Waals surface area contributed by atoms with E-state index in [1.807, 2.05) is 18.4 Å². The van der Waals surface area contributed by atoms with Crippen LogP contribution in [0.15, 0.2) is 63.2 Å². The van der Waals surface area contributed by atoms with Crippen LogP contribution in [0, 0.1) is 6.57 Å². The van der Waals surface area contributed by atoms with Crippen molar-refractivity contribution in [3.63, 3.8) is 0 Å². The minimum absolute atomic E-state index is 0.123. The van der Waals surface area contributed by atoms with Gasteiger partial charge in [-0.1, -0.05) is 12.1 Å². The van der Waals surface area contributed by atoms with Crippen molar-refractivity contribution in [3.05, 3.63) is 75.9 Å². The molecule has 0 N–H and O–H groups in total. The minimum atomic E-state index is -4.46. The number of benzene rings is 2. The Morgan fingerprint density at radius 3 is 2.10 bits per heavy atom. The lowest BCUT2D eigenvalue weighted by atomic mass is 10.1. The molecule has 0 radical (unpaired) electrons. The lowest BCUT2D eigenvalue weighted by Gasteiger charge is -2.16. The highest BCUT2D eigenvalue weighted by Crippen LogP contribution is 2.32. The molecular weight excluding hydrogens is 419 g/mol. The summed E-state index contributed by atoms with van der Waals surface area (Å²) in [6, 6.07) is 11.5. The van der Waals surface area contributed by atoms with Crippen LogP contribution in [0.2, 0.25) is 0 Å². The molecule has 0 aliphatic rings. The third kappa shape index (κ3) is 4.18. The average Bonchev–Trinajstić information content (AvgIpc) is 2.72. The topological polar surface area (TPSA) is 39.2 Å². The summed E-state index contributed by atoms with van der Waals surface area (Å²) < 4.78 is 40.0. The van der Waals surface area contributed by atoms with E-state index in [0.29, 0.717) is 11.3 Å². The van der Waals surface area contributed by atoms with Gasteiger partial charge in [0.25, 0.3) is 11.2 Å². The predicted octanol–water partition coefficient (Wildman–Crippen LogP) is 5.91. The molecule has 9 heteroatoms. The number of halogens is 3. The van der Waals surface area contributed by atoms with Crippen molar-refractivity contribution in [2.75, 3.05) is 12.5 Å². The molecule has 3 rings (SSSR count). The van der Waals surface area contributed by atoms with Crippen molar-refractivity contribution >= 4 is 29.2 Å². The van der Waals surface area contributed by atoms with Gasteiger partial charge in [0, 0.05) is 16.1 Å². The molecule has 0 fully saturated rings. The normalized spacial score (nSPS) is 11.3. The molecular formula is C20H14F3N3OS2. The number of rotatable bonds is 4. The standard InChI is InChI=1S/C20H14F3N3OS2/c1-24-16-18(29-3)25-17(12-4-6-13(7-5-12)20(21,22)23)26(19(16)27)14-8-10-15(28-2)11-9-14/h4-11H,2-3H3. The first-order valence-electron chi connectivity index (χ1n) is 8.20. The lowest BCUT2D eigenvalue weighted by molar-refractivity contribution is -0.137. The summed E-state index contributed by atoms with van der Waals surface area (Å²) in [7, 11) is 0. The summed E-state index contributed by atoms with van der Waals surface area (Å²) in [6.07, 6.45) is -0.858. The average molecular weight is 433 g/mol. The number of hydrogen-bond donors (Lipinski definition) is 0. The fourth-order valence-corrected chi connectivity index (χ4v) is 3.62. The van der Waals surface area contributed by atoms with Crippen LogP contribution in [-0.4, -0.2) is 22.1 Å². The molecule has 1 heterocycles. The third-order valence-electron chi connectivity index (χ3n) is 4.13. The fraction of sp³-hybridized carbons (Fsp3) is 0.150. The molecule has 29 heavy (non-hydrogen) atoms. The fourth-order valence-electron chi connectivity index (χ4n) is 2.70. The molecule has 0 atom stereocenters. The molecule has 0 amide bonds. The van der Waals surface area contributed by atoms with E-state index in [0.717, 1.165) is 28.8 Å². The Morgan fingerprint density at radius 2 is 1.62 bits per heavy atom. The zero-order valence-corrected chi connectivity index (χ0v) is 17.0. The second kappa shape index (κ2) is 8.35. The third-order valence-corrected chi connectivity index (χ3v) is 5.55. The maximum atomic E-state index is 13.1. The van der Waals surface area contributed by atoms with E-state index < -0.39 is 17.3 Å². The van der Waals surface area contributed by atoms with Gasteiger partial charge < -0.3 is 0 Å². The van der Waals surface area contributed by atoms with Crippen LogP contribution in [0.25, 0.3) is 21.9 Å². The molecule has 0 aliphatic heterocycles. The predicted molar refractivity (Wildman–Crippen MR) is 110 cm³/mol. The van der Waals surface area contributed by atoms with Gasteiger partial charge >= 0.3 is 6.18 Å². The quantitative estimate of drug-likeness (QED) is 0.291. The Kier molecular flexibility index (Phi) is 6.05. The molecule has 3 aromatic rings. The Labute approximate surface area is 173 Å².